The van der Waals surface area contributed by atoms with Gasteiger partial charge in [-0.1, -0.05) is 25.0 Å². The van der Waals surface area contributed by atoms with Crippen molar-refractivity contribution in [2.24, 2.45) is 0 Å². The quantitative estimate of drug-likeness (QED) is 0.247. The van der Waals surface area contributed by atoms with E-state index < -0.39 is 16.9 Å². The van der Waals surface area contributed by atoms with Gasteiger partial charge in [0, 0.05) is 18.9 Å². The van der Waals surface area contributed by atoms with Gasteiger partial charge in [0.25, 0.3) is 0 Å². The largest absolute Gasteiger partial charge is 0.481 e. The van der Waals surface area contributed by atoms with Gasteiger partial charge in [-0.15, -0.1) is 0 Å². The average Bonchev–Trinajstić information content (AvgIpc) is 2.42. The van der Waals surface area contributed by atoms with Gasteiger partial charge in [0.05, 0.1) is 4.92 Å². The number of benzene rings is 1. The zero-order chi connectivity index (χ0) is 15.7. The number of nitrogens with zero attached hydrogens (tertiary/aromatic N) is 1. The molecule has 0 amide bonds. The lowest BCUT2D eigenvalue weighted by atomic mass is 10.1. The number of carbonyl (C=O) groups excluding carboxylic acids is 1. The molecule has 0 saturated heterocycles. The fraction of sp³-hybridized carbons (Fsp3) is 0.429. The molecule has 0 radical (unpaired) electrons. The van der Waals surface area contributed by atoms with Gasteiger partial charge in [-0.2, -0.15) is 0 Å². The number of para-hydroxylation sites is 2. The molecule has 114 valence electrons. The van der Waals surface area contributed by atoms with E-state index in [1.54, 1.807) is 6.07 Å². The molecule has 1 aromatic carbocycles. The topological polar surface area (TPSA) is 107 Å². The van der Waals surface area contributed by atoms with E-state index in [-0.39, 0.29) is 24.3 Å². The van der Waals surface area contributed by atoms with Gasteiger partial charge in [-0.25, -0.2) is 0 Å². The van der Waals surface area contributed by atoms with Crippen molar-refractivity contribution in [3.8, 4) is 5.75 Å². The van der Waals surface area contributed by atoms with Crippen LogP contribution in [0.4, 0.5) is 5.69 Å². The Morgan fingerprint density at radius 1 is 1.10 bits per heavy atom. The van der Waals surface area contributed by atoms with Gasteiger partial charge in [0.1, 0.15) is 0 Å². The van der Waals surface area contributed by atoms with Crippen LogP contribution in [-0.2, 0) is 9.59 Å². The lowest BCUT2D eigenvalue weighted by Crippen LogP contribution is -2.08. The number of nitro benzene ring substituents is 1. The summed E-state index contributed by atoms with van der Waals surface area (Å²) < 4.78 is 4.98. The van der Waals surface area contributed by atoms with E-state index >= 15 is 0 Å². The Morgan fingerprint density at radius 3 is 2.33 bits per heavy atom. The van der Waals surface area contributed by atoms with Crippen molar-refractivity contribution in [1.82, 2.24) is 0 Å². The zero-order valence-corrected chi connectivity index (χ0v) is 11.5. The van der Waals surface area contributed by atoms with Gasteiger partial charge in [-0.05, 0) is 18.9 Å². The van der Waals surface area contributed by atoms with Crippen LogP contribution in [0.25, 0.3) is 0 Å². The number of aliphatic carboxylic acids is 1. The molecule has 7 heteroatoms. The summed E-state index contributed by atoms with van der Waals surface area (Å²) in [5.74, 6) is -1.41. The number of carbonyl (C=O) groups is 2. The molecule has 1 N–H and O–H groups in total. The van der Waals surface area contributed by atoms with Crippen molar-refractivity contribution in [2.75, 3.05) is 0 Å². The molecule has 0 atom stereocenters. The van der Waals surface area contributed by atoms with Crippen LogP contribution in [0.1, 0.15) is 38.5 Å². The molecule has 0 aliphatic carbocycles. The van der Waals surface area contributed by atoms with Crippen molar-refractivity contribution in [3.05, 3.63) is 34.4 Å². The number of ether oxygens (including phenoxy) is 1. The lowest BCUT2D eigenvalue weighted by molar-refractivity contribution is -0.385. The molecule has 0 unspecified atom stereocenters. The summed E-state index contributed by atoms with van der Waals surface area (Å²) >= 11 is 0. The third-order valence-corrected chi connectivity index (χ3v) is 2.81. The Kier molecular flexibility index (Phi) is 6.86. The number of carboxylic acids is 1. The Morgan fingerprint density at radius 2 is 1.71 bits per heavy atom. The Balaban J connectivity index is 2.31. The summed E-state index contributed by atoms with van der Waals surface area (Å²) in [6.07, 6.45) is 2.87. The molecule has 0 heterocycles. The van der Waals surface area contributed by atoms with E-state index in [9.17, 15) is 19.7 Å². The van der Waals surface area contributed by atoms with Crippen LogP contribution in [0.5, 0.6) is 5.75 Å². The van der Waals surface area contributed by atoms with Gasteiger partial charge >= 0.3 is 17.6 Å². The van der Waals surface area contributed by atoms with Crippen LogP contribution in [0.15, 0.2) is 24.3 Å². The minimum atomic E-state index is -0.828. The number of unbranched alkanes of at least 4 members (excludes halogenated alkanes) is 3. The summed E-state index contributed by atoms with van der Waals surface area (Å²) in [7, 11) is 0. The van der Waals surface area contributed by atoms with Crippen LogP contribution in [0, 0.1) is 10.1 Å². The summed E-state index contributed by atoms with van der Waals surface area (Å²) in [5.41, 5.74) is -0.243. The molecule has 0 aliphatic rings. The molecule has 1 rings (SSSR count). The molecule has 0 aromatic heterocycles. The van der Waals surface area contributed by atoms with Crippen molar-refractivity contribution in [1.29, 1.82) is 0 Å². The number of rotatable bonds is 9. The van der Waals surface area contributed by atoms with E-state index in [4.69, 9.17) is 9.84 Å². The highest BCUT2D eigenvalue weighted by atomic mass is 16.6. The van der Waals surface area contributed by atoms with Crippen LogP contribution in [-0.4, -0.2) is 22.0 Å². The zero-order valence-electron chi connectivity index (χ0n) is 11.5. The first-order valence-electron chi connectivity index (χ1n) is 6.66. The first kappa shape index (κ1) is 16.6. The normalized spacial score (nSPS) is 10.1. The lowest BCUT2D eigenvalue weighted by Gasteiger charge is -2.04. The standard InChI is InChI=1S/C14H17NO6/c16-13(17)9-3-1-2-4-10-14(18)21-12-8-6-5-7-11(12)15(19)20/h5-8H,1-4,9-10H2,(H,16,17). The highest BCUT2D eigenvalue weighted by Crippen LogP contribution is 2.26. The molecule has 21 heavy (non-hydrogen) atoms. The summed E-state index contributed by atoms with van der Waals surface area (Å²) in [5, 5.41) is 19.2. The Hall–Kier alpha value is -2.44. The second-order valence-electron chi connectivity index (χ2n) is 4.51. The number of hydrogen-bond acceptors (Lipinski definition) is 5. The maximum atomic E-state index is 11.6. The van der Waals surface area contributed by atoms with E-state index in [2.05, 4.69) is 0 Å². The molecule has 0 aliphatic heterocycles. The molecular formula is C14H17NO6. The molecule has 0 bridgehead atoms. The molecule has 0 saturated carbocycles. The number of nitro groups is 1. The Bertz CT molecular complexity index is 514. The number of esters is 1. The molecule has 7 nitrogen and oxygen atoms in total. The minimum Gasteiger partial charge on any atom is -0.481 e. The van der Waals surface area contributed by atoms with Gasteiger partial charge in [0.15, 0.2) is 0 Å². The van der Waals surface area contributed by atoms with Crippen LogP contribution in [0.3, 0.4) is 0 Å². The first-order chi connectivity index (χ1) is 10.0. The fourth-order valence-electron chi connectivity index (χ4n) is 1.77. The smallest absolute Gasteiger partial charge is 0.311 e. The molecule has 0 spiro atoms. The second kappa shape index (κ2) is 8.68. The maximum absolute atomic E-state index is 11.6. The fourth-order valence-corrected chi connectivity index (χ4v) is 1.77. The summed E-state index contributed by atoms with van der Waals surface area (Å²) in [6, 6.07) is 5.71. The van der Waals surface area contributed by atoms with Crippen molar-refractivity contribution in [2.45, 2.75) is 38.5 Å². The molecule has 1 aromatic rings. The van der Waals surface area contributed by atoms with Gasteiger partial charge in [-0.3, -0.25) is 19.7 Å². The van der Waals surface area contributed by atoms with Gasteiger partial charge < -0.3 is 9.84 Å². The van der Waals surface area contributed by atoms with E-state index in [1.807, 2.05) is 0 Å². The van der Waals surface area contributed by atoms with Crippen LogP contribution in [0.2, 0.25) is 0 Å². The minimum absolute atomic E-state index is 0.0571. The average molecular weight is 295 g/mol. The summed E-state index contributed by atoms with van der Waals surface area (Å²) in [6.45, 7) is 0. The Labute approximate surface area is 121 Å². The second-order valence-corrected chi connectivity index (χ2v) is 4.51. The summed E-state index contributed by atoms with van der Waals surface area (Å²) in [4.78, 5) is 32.0. The number of hydrogen-bond donors (Lipinski definition) is 1. The van der Waals surface area contributed by atoms with Gasteiger partial charge in [0.2, 0.25) is 5.75 Å². The predicted molar refractivity (Wildman–Crippen MR) is 74.1 cm³/mol. The highest BCUT2D eigenvalue weighted by molar-refractivity contribution is 5.73. The first-order valence-corrected chi connectivity index (χ1v) is 6.66. The third-order valence-electron chi connectivity index (χ3n) is 2.81. The molecular weight excluding hydrogens is 278 g/mol. The highest BCUT2D eigenvalue weighted by Gasteiger charge is 2.16. The molecule has 0 fully saturated rings. The third kappa shape index (κ3) is 6.51. The van der Waals surface area contributed by atoms with Crippen molar-refractivity contribution >= 4 is 17.6 Å². The number of carboxylic acid groups (broad SMARTS) is 1. The van der Waals surface area contributed by atoms with E-state index in [0.717, 1.165) is 12.8 Å². The van der Waals surface area contributed by atoms with E-state index in [1.165, 1.54) is 18.2 Å². The van der Waals surface area contributed by atoms with Crippen molar-refractivity contribution < 1.29 is 24.4 Å². The SMILES string of the molecule is O=C(O)CCCCCCC(=O)Oc1ccccc1[N+](=O)[O-]. The predicted octanol–water partition coefficient (Wildman–Crippen LogP) is 2.93. The monoisotopic (exact) mass is 295 g/mol. The maximum Gasteiger partial charge on any atom is 0.311 e. The van der Waals surface area contributed by atoms with Crippen LogP contribution < -0.4 is 4.74 Å². The van der Waals surface area contributed by atoms with Crippen LogP contribution >= 0.6 is 0 Å². The van der Waals surface area contributed by atoms with E-state index in [0.29, 0.717) is 12.8 Å². The van der Waals surface area contributed by atoms with Crippen molar-refractivity contribution in [3.63, 3.8) is 0 Å².